The predicted octanol–water partition coefficient (Wildman–Crippen LogP) is 7.47. The molecule has 0 radical (unpaired) electrons. The number of carbonyl (C=O) groups is 1. The molecule has 2 atom stereocenters. The molecule has 1 fully saturated rings. The van der Waals surface area contributed by atoms with Gasteiger partial charge in [0.05, 0.1) is 23.3 Å². The number of ether oxygens (including phenoxy) is 1. The molecule has 210 valence electrons. The first kappa shape index (κ1) is 27.2. The third-order valence-corrected chi connectivity index (χ3v) is 7.99. The van der Waals surface area contributed by atoms with Gasteiger partial charge in [-0.3, -0.25) is 4.98 Å². The van der Waals surface area contributed by atoms with E-state index >= 15 is 0 Å². The molecule has 6 rings (SSSR count). The average Bonchev–Trinajstić information content (AvgIpc) is 3.49. The number of anilines is 1. The smallest absolute Gasteiger partial charge is 0.335 e. The summed E-state index contributed by atoms with van der Waals surface area (Å²) in [5, 5.41) is 13.7. The van der Waals surface area contributed by atoms with Crippen LogP contribution < -0.4 is 15.0 Å². The van der Waals surface area contributed by atoms with Gasteiger partial charge in [0.1, 0.15) is 11.5 Å². The number of pyridine rings is 1. The first-order valence-electron chi connectivity index (χ1n) is 13.7. The molecule has 3 aromatic carbocycles. The minimum atomic E-state index is -0.957. The molecule has 0 unspecified atom stereocenters. The van der Waals surface area contributed by atoms with Crippen LogP contribution in [0.15, 0.2) is 103 Å². The Balaban J connectivity index is 1.42. The quantitative estimate of drug-likeness (QED) is 0.195. The van der Waals surface area contributed by atoms with Crippen molar-refractivity contribution in [1.29, 1.82) is 0 Å². The summed E-state index contributed by atoms with van der Waals surface area (Å²) >= 11 is 5.94. The first-order chi connectivity index (χ1) is 20.3. The van der Waals surface area contributed by atoms with Crippen molar-refractivity contribution in [3.05, 3.63) is 137 Å². The minimum Gasteiger partial charge on any atom is -0.478 e. The Morgan fingerprint density at radius 3 is 2.38 bits per heavy atom. The van der Waals surface area contributed by atoms with Gasteiger partial charge in [-0.1, -0.05) is 30.3 Å². The van der Waals surface area contributed by atoms with Gasteiger partial charge in [-0.2, -0.15) is 0 Å². The zero-order chi connectivity index (χ0) is 29.4. The average molecular weight is 575 g/mol. The van der Waals surface area contributed by atoms with E-state index in [9.17, 15) is 9.90 Å². The number of aromatic nitrogens is 2. The number of carboxylic acids is 1. The zero-order valence-corrected chi connectivity index (χ0v) is 24.3. The Bertz CT molecular complexity index is 1780. The van der Waals surface area contributed by atoms with Crippen molar-refractivity contribution >= 4 is 29.0 Å². The molecule has 0 amide bonds. The van der Waals surface area contributed by atoms with E-state index in [1.807, 2.05) is 86.6 Å². The topological polar surface area (TPSA) is 79.6 Å². The van der Waals surface area contributed by atoms with Crippen LogP contribution in [0.5, 0.6) is 11.5 Å². The van der Waals surface area contributed by atoms with Gasteiger partial charge in [0.15, 0.2) is 5.11 Å². The standard InChI is InChI=1S/C34H30N4O3S/c1-21-9-4-5-13-30(21)41-27-16-14-25(15-17-27)38-32(31(36-34(38)42)29-12-6-7-18-35-29)28-19-22(2)37(23(28)3)26-11-8-10-24(20-26)33(39)40/h4-20,31-32H,1-3H3,(H,36,42)(H,39,40)/t31-,32+/m1/s1. The van der Waals surface area contributed by atoms with Gasteiger partial charge < -0.3 is 24.6 Å². The molecule has 5 aromatic rings. The van der Waals surface area contributed by atoms with Gasteiger partial charge in [-0.25, -0.2) is 4.79 Å². The van der Waals surface area contributed by atoms with E-state index < -0.39 is 5.97 Å². The van der Waals surface area contributed by atoms with Crippen molar-refractivity contribution in [1.82, 2.24) is 14.9 Å². The summed E-state index contributed by atoms with van der Waals surface area (Å²) < 4.78 is 8.24. The lowest BCUT2D eigenvalue weighted by atomic mass is 9.96. The molecule has 42 heavy (non-hydrogen) atoms. The van der Waals surface area contributed by atoms with Crippen LogP contribution in [0, 0.1) is 20.8 Å². The largest absolute Gasteiger partial charge is 0.478 e. The molecule has 2 aromatic heterocycles. The Morgan fingerprint density at radius 2 is 1.67 bits per heavy atom. The van der Waals surface area contributed by atoms with Crippen molar-refractivity contribution in [3.63, 3.8) is 0 Å². The lowest BCUT2D eigenvalue weighted by Gasteiger charge is -2.28. The van der Waals surface area contributed by atoms with Gasteiger partial charge in [0.2, 0.25) is 0 Å². The zero-order valence-electron chi connectivity index (χ0n) is 23.5. The van der Waals surface area contributed by atoms with Crippen LogP contribution in [-0.4, -0.2) is 25.7 Å². The van der Waals surface area contributed by atoms with Gasteiger partial charge in [0, 0.05) is 29.0 Å². The summed E-state index contributed by atoms with van der Waals surface area (Å²) in [5.41, 5.74) is 6.96. The van der Waals surface area contributed by atoms with Gasteiger partial charge >= 0.3 is 5.97 Å². The number of nitrogens with zero attached hydrogens (tertiary/aromatic N) is 3. The van der Waals surface area contributed by atoms with Crippen molar-refractivity contribution < 1.29 is 14.6 Å². The van der Waals surface area contributed by atoms with E-state index in [-0.39, 0.29) is 17.6 Å². The van der Waals surface area contributed by atoms with Crippen molar-refractivity contribution in [2.24, 2.45) is 0 Å². The number of aromatic carboxylic acids is 1. The molecule has 0 bridgehead atoms. The number of hydrogen-bond acceptors (Lipinski definition) is 4. The number of aryl methyl sites for hydroxylation is 2. The Hall–Kier alpha value is -4.95. The maximum atomic E-state index is 11.7. The van der Waals surface area contributed by atoms with Crippen molar-refractivity contribution in [3.8, 4) is 17.2 Å². The van der Waals surface area contributed by atoms with Crippen LogP contribution >= 0.6 is 12.2 Å². The van der Waals surface area contributed by atoms with Crippen LogP contribution in [0.2, 0.25) is 0 Å². The number of thiocarbonyl (C=S) groups is 1. The fourth-order valence-corrected chi connectivity index (χ4v) is 6.03. The van der Waals surface area contributed by atoms with Crippen LogP contribution in [0.4, 0.5) is 5.69 Å². The van der Waals surface area contributed by atoms with Crippen LogP contribution in [0.3, 0.4) is 0 Å². The normalized spacial score (nSPS) is 16.4. The number of hydrogen-bond donors (Lipinski definition) is 2. The monoisotopic (exact) mass is 574 g/mol. The second-order valence-corrected chi connectivity index (χ2v) is 10.8. The minimum absolute atomic E-state index is 0.208. The number of benzene rings is 3. The highest BCUT2D eigenvalue weighted by Gasteiger charge is 2.42. The molecule has 0 aliphatic carbocycles. The first-order valence-corrected chi connectivity index (χ1v) is 14.1. The molecule has 1 aliphatic heterocycles. The maximum Gasteiger partial charge on any atom is 0.335 e. The summed E-state index contributed by atoms with van der Waals surface area (Å²) in [6, 6.07) is 30.5. The lowest BCUT2D eigenvalue weighted by Crippen LogP contribution is -2.29. The molecular formula is C34H30N4O3S. The highest BCUT2D eigenvalue weighted by Crippen LogP contribution is 2.44. The third-order valence-electron chi connectivity index (χ3n) is 7.67. The van der Waals surface area contributed by atoms with E-state index in [0.29, 0.717) is 5.11 Å². The molecule has 2 N–H and O–H groups in total. The van der Waals surface area contributed by atoms with Crippen LogP contribution in [-0.2, 0) is 0 Å². The summed E-state index contributed by atoms with van der Waals surface area (Å²) in [6.45, 7) is 6.11. The SMILES string of the molecule is Cc1ccccc1Oc1ccc(N2C(=S)N[C@H](c3ccccn3)[C@@H]2c2cc(C)n(-c3cccc(C(=O)O)c3)c2C)cc1. The van der Waals surface area contributed by atoms with Gasteiger partial charge in [-0.05, 0) is 111 Å². The summed E-state index contributed by atoms with van der Waals surface area (Å²) in [6.07, 6.45) is 1.79. The molecule has 0 spiro atoms. The highest BCUT2D eigenvalue weighted by molar-refractivity contribution is 7.80. The number of nitrogens with one attached hydrogen (secondary N) is 1. The molecule has 3 heterocycles. The fourth-order valence-electron chi connectivity index (χ4n) is 5.68. The third kappa shape index (κ3) is 5.01. The molecule has 0 saturated carbocycles. The molecule has 1 saturated heterocycles. The van der Waals surface area contributed by atoms with Crippen molar-refractivity contribution in [2.45, 2.75) is 32.9 Å². The summed E-state index contributed by atoms with van der Waals surface area (Å²) in [4.78, 5) is 18.5. The second-order valence-electron chi connectivity index (χ2n) is 10.4. The van der Waals surface area contributed by atoms with E-state index in [1.54, 1.807) is 24.4 Å². The second kappa shape index (κ2) is 11.1. The Kier molecular flexibility index (Phi) is 7.22. The number of rotatable bonds is 7. The van der Waals surface area contributed by atoms with Gasteiger partial charge in [0.25, 0.3) is 0 Å². The van der Waals surface area contributed by atoms with Crippen LogP contribution in [0.25, 0.3) is 5.69 Å². The van der Waals surface area contributed by atoms with Crippen LogP contribution in [0.1, 0.15) is 50.7 Å². The Morgan fingerprint density at radius 1 is 0.905 bits per heavy atom. The molecule has 1 aliphatic rings. The maximum absolute atomic E-state index is 11.7. The highest BCUT2D eigenvalue weighted by atomic mass is 32.1. The summed E-state index contributed by atoms with van der Waals surface area (Å²) in [7, 11) is 0. The fraction of sp³-hybridized carbons (Fsp3) is 0.147. The molecule has 7 nitrogen and oxygen atoms in total. The number of para-hydroxylation sites is 1. The molecule has 8 heteroatoms. The van der Waals surface area contributed by atoms with Crippen molar-refractivity contribution in [2.75, 3.05) is 4.90 Å². The predicted molar refractivity (Wildman–Crippen MR) is 168 cm³/mol. The lowest BCUT2D eigenvalue weighted by molar-refractivity contribution is 0.0697. The summed E-state index contributed by atoms with van der Waals surface area (Å²) in [5.74, 6) is 0.595. The van der Waals surface area contributed by atoms with E-state index in [1.165, 1.54) is 0 Å². The molecular weight excluding hydrogens is 544 g/mol. The van der Waals surface area contributed by atoms with E-state index in [0.717, 1.165) is 51.1 Å². The van der Waals surface area contributed by atoms with E-state index in [4.69, 9.17) is 17.0 Å². The van der Waals surface area contributed by atoms with Gasteiger partial charge in [-0.15, -0.1) is 0 Å². The Labute approximate surface area is 250 Å². The number of carboxylic acid groups (broad SMARTS) is 1. The van der Waals surface area contributed by atoms with E-state index in [2.05, 4.69) is 32.8 Å².